The van der Waals surface area contributed by atoms with Crippen LogP contribution in [0.15, 0.2) is 33.1 Å². The number of aromatic nitrogens is 1. The highest BCUT2D eigenvalue weighted by Gasteiger charge is 2.18. The average Bonchev–Trinajstić information content (AvgIpc) is 2.76. The van der Waals surface area contributed by atoms with Crippen LogP contribution in [0.1, 0.15) is 0 Å². The van der Waals surface area contributed by atoms with E-state index in [1.54, 1.807) is 18.2 Å². The molecule has 0 bridgehead atoms. The molecule has 0 saturated carbocycles. The van der Waals surface area contributed by atoms with Crippen molar-refractivity contribution in [2.45, 2.75) is 4.21 Å². The lowest BCUT2D eigenvalue weighted by atomic mass is 10.3. The third-order valence-corrected chi connectivity index (χ3v) is 5.70. The minimum absolute atomic E-state index is 0.0597. The number of hydrogen-bond acceptors (Lipinski definition) is 5. The van der Waals surface area contributed by atoms with E-state index in [9.17, 15) is 8.42 Å². The van der Waals surface area contributed by atoms with Gasteiger partial charge in [0.05, 0.1) is 23.5 Å². The molecule has 0 aliphatic heterocycles. The van der Waals surface area contributed by atoms with Crippen LogP contribution < -0.4 is 9.46 Å². The smallest absolute Gasteiger partial charge is 0.273 e. The number of hydrogen-bond donors (Lipinski definition) is 1. The Morgan fingerprint density at radius 1 is 1.47 bits per heavy atom. The van der Waals surface area contributed by atoms with E-state index in [-0.39, 0.29) is 8.68 Å². The fraction of sp³-hybridized carbons (Fsp3) is 0.100. The van der Waals surface area contributed by atoms with E-state index in [4.69, 9.17) is 16.3 Å². The van der Waals surface area contributed by atoms with Crippen molar-refractivity contribution in [3.8, 4) is 5.75 Å². The molecule has 0 radical (unpaired) electrons. The lowest BCUT2D eigenvalue weighted by Crippen LogP contribution is -2.11. The highest BCUT2D eigenvalue weighted by molar-refractivity contribution is 9.10. The summed E-state index contributed by atoms with van der Waals surface area (Å²) in [6.07, 6.45) is 1.22. The maximum absolute atomic E-state index is 12.0. The second kappa shape index (κ2) is 5.66. The Morgan fingerprint density at radius 2 is 2.21 bits per heavy atom. The third kappa shape index (κ3) is 3.38. The maximum atomic E-state index is 12.0. The Bertz CT molecular complexity index is 703. The van der Waals surface area contributed by atoms with Crippen LogP contribution >= 0.6 is 38.9 Å². The number of nitrogens with zero attached hydrogens (tertiary/aromatic N) is 1. The van der Waals surface area contributed by atoms with Gasteiger partial charge in [-0.05, 0) is 34.1 Å². The van der Waals surface area contributed by atoms with Crippen molar-refractivity contribution in [2.75, 3.05) is 11.8 Å². The van der Waals surface area contributed by atoms with Crippen molar-refractivity contribution in [3.63, 3.8) is 0 Å². The summed E-state index contributed by atoms with van der Waals surface area (Å²) in [6.45, 7) is 0. The molecule has 1 N–H and O–H groups in total. The van der Waals surface area contributed by atoms with Gasteiger partial charge in [-0.2, -0.15) is 0 Å². The summed E-state index contributed by atoms with van der Waals surface area (Å²) in [5, 5.41) is 0. The summed E-state index contributed by atoms with van der Waals surface area (Å²) < 4.78 is 32.5. The van der Waals surface area contributed by atoms with Gasteiger partial charge >= 0.3 is 0 Å². The highest BCUT2D eigenvalue weighted by Crippen LogP contribution is 2.30. The van der Waals surface area contributed by atoms with Gasteiger partial charge < -0.3 is 4.74 Å². The predicted molar refractivity (Wildman–Crippen MR) is 78.6 cm³/mol. The van der Waals surface area contributed by atoms with Crippen molar-refractivity contribution in [3.05, 3.63) is 33.3 Å². The number of thiazole rings is 1. The molecule has 0 aliphatic carbocycles. The molecule has 0 aliphatic rings. The number of halogens is 2. The standard InChI is InChI=1S/C10H8BrClN2O3S2/c1-17-8-3-2-6(4-7(8)11)14-19(15,16)9-5-13-10(12)18-9/h2-5,14H,1H3. The van der Waals surface area contributed by atoms with Crippen LogP contribution in [-0.2, 0) is 10.0 Å². The molecule has 1 heterocycles. The van der Waals surface area contributed by atoms with Crippen LogP contribution in [0.3, 0.4) is 0 Å². The first kappa shape index (κ1) is 14.6. The topological polar surface area (TPSA) is 68.3 Å². The van der Waals surface area contributed by atoms with Crippen molar-refractivity contribution >= 4 is 54.6 Å². The van der Waals surface area contributed by atoms with Crippen LogP contribution in [0, 0.1) is 0 Å². The molecule has 0 fully saturated rings. The first-order valence-electron chi connectivity index (χ1n) is 4.90. The Balaban J connectivity index is 2.28. The van der Waals surface area contributed by atoms with Gasteiger partial charge in [-0.1, -0.05) is 22.9 Å². The van der Waals surface area contributed by atoms with Crippen LogP contribution in [0.2, 0.25) is 4.47 Å². The summed E-state index contributed by atoms with van der Waals surface area (Å²) in [5.41, 5.74) is 0.414. The van der Waals surface area contributed by atoms with Crippen molar-refractivity contribution < 1.29 is 13.2 Å². The number of benzene rings is 1. The van der Waals surface area contributed by atoms with E-state index in [1.807, 2.05) is 0 Å². The number of ether oxygens (including phenoxy) is 1. The van der Waals surface area contributed by atoms with Crippen LogP contribution in [0.25, 0.3) is 0 Å². The molecule has 102 valence electrons. The lowest BCUT2D eigenvalue weighted by Gasteiger charge is -2.08. The number of methoxy groups -OCH3 is 1. The molecular weight excluding hydrogens is 376 g/mol. The van der Waals surface area contributed by atoms with E-state index in [0.29, 0.717) is 15.9 Å². The zero-order valence-corrected chi connectivity index (χ0v) is 13.5. The Labute approximate surface area is 127 Å². The quantitative estimate of drug-likeness (QED) is 0.879. The van der Waals surface area contributed by atoms with Gasteiger partial charge in [-0.25, -0.2) is 13.4 Å². The Hall–Kier alpha value is -0.830. The predicted octanol–water partition coefficient (Wildman–Crippen LogP) is 3.37. The van der Waals surface area contributed by atoms with Gasteiger partial charge in [-0.15, -0.1) is 0 Å². The molecule has 2 aromatic rings. The van der Waals surface area contributed by atoms with Gasteiger partial charge in [-0.3, -0.25) is 4.72 Å². The Morgan fingerprint density at radius 3 is 2.74 bits per heavy atom. The minimum atomic E-state index is -3.67. The molecular formula is C10H8BrClN2O3S2. The van der Waals surface area contributed by atoms with Gasteiger partial charge in [0.2, 0.25) is 0 Å². The van der Waals surface area contributed by atoms with Gasteiger partial charge in [0.25, 0.3) is 10.0 Å². The molecule has 19 heavy (non-hydrogen) atoms. The molecule has 5 nitrogen and oxygen atoms in total. The van der Waals surface area contributed by atoms with E-state index in [2.05, 4.69) is 25.6 Å². The zero-order valence-electron chi connectivity index (χ0n) is 9.55. The summed E-state index contributed by atoms with van der Waals surface area (Å²) in [7, 11) is -2.14. The number of sulfonamides is 1. The molecule has 0 saturated heterocycles. The first-order chi connectivity index (χ1) is 8.92. The van der Waals surface area contributed by atoms with E-state index in [1.165, 1.54) is 13.3 Å². The van der Waals surface area contributed by atoms with Gasteiger partial charge in [0, 0.05) is 0 Å². The summed E-state index contributed by atoms with van der Waals surface area (Å²) >= 11 is 9.80. The van der Waals surface area contributed by atoms with E-state index in [0.717, 1.165) is 11.3 Å². The second-order valence-corrected chi connectivity index (χ2v) is 7.76. The van der Waals surface area contributed by atoms with E-state index < -0.39 is 10.0 Å². The number of nitrogens with one attached hydrogen (secondary N) is 1. The fourth-order valence-corrected chi connectivity index (χ4v) is 4.18. The fourth-order valence-electron chi connectivity index (χ4n) is 1.30. The second-order valence-electron chi connectivity index (χ2n) is 3.39. The SMILES string of the molecule is COc1ccc(NS(=O)(=O)c2cnc(Cl)s2)cc1Br. The van der Waals surface area contributed by atoms with Gasteiger partial charge in [0.15, 0.2) is 8.68 Å². The largest absolute Gasteiger partial charge is 0.496 e. The van der Waals surface area contributed by atoms with E-state index >= 15 is 0 Å². The molecule has 0 spiro atoms. The summed E-state index contributed by atoms with van der Waals surface area (Å²) in [6, 6.07) is 4.87. The summed E-state index contributed by atoms with van der Waals surface area (Å²) in [5.74, 6) is 0.615. The zero-order chi connectivity index (χ0) is 14.0. The molecule has 0 atom stereocenters. The first-order valence-corrected chi connectivity index (χ1v) is 8.37. The number of anilines is 1. The molecule has 0 unspecified atom stereocenters. The molecule has 2 rings (SSSR count). The van der Waals surface area contributed by atoms with Crippen molar-refractivity contribution in [1.29, 1.82) is 0 Å². The minimum Gasteiger partial charge on any atom is -0.496 e. The van der Waals surface area contributed by atoms with Crippen LogP contribution in [-0.4, -0.2) is 20.5 Å². The number of rotatable bonds is 4. The van der Waals surface area contributed by atoms with Crippen molar-refractivity contribution in [1.82, 2.24) is 4.98 Å². The van der Waals surface area contributed by atoms with Crippen LogP contribution in [0.4, 0.5) is 5.69 Å². The highest BCUT2D eigenvalue weighted by atomic mass is 79.9. The summed E-state index contributed by atoms with van der Waals surface area (Å²) in [4.78, 5) is 3.70. The molecule has 0 amide bonds. The molecule has 1 aromatic heterocycles. The monoisotopic (exact) mass is 382 g/mol. The third-order valence-electron chi connectivity index (χ3n) is 2.13. The molecule has 9 heteroatoms. The maximum Gasteiger partial charge on any atom is 0.273 e. The lowest BCUT2D eigenvalue weighted by molar-refractivity contribution is 0.412. The normalized spacial score (nSPS) is 11.3. The molecule has 1 aromatic carbocycles. The van der Waals surface area contributed by atoms with Crippen LogP contribution in [0.5, 0.6) is 5.75 Å². The van der Waals surface area contributed by atoms with Gasteiger partial charge in [0.1, 0.15) is 5.75 Å². The Kier molecular flexibility index (Phi) is 4.34. The average molecular weight is 384 g/mol. The van der Waals surface area contributed by atoms with Crippen molar-refractivity contribution in [2.24, 2.45) is 0 Å².